The highest BCUT2D eigenvalue weighted by Crippen LogP contribution is 2.36. The molecule has 1 aliphatic rings. The Hall–Kier alpha value is -4.00. The molecule has 0 saturated carbocycles. The summed E-state index contributed by atoms with van der Waals surface area (Å²) in [7, 11) is 1.32. The molecule has 0 unspecified atom stereocenters. The molecule has 1 amide bonds. The van der Waals surface area contributed by atoms with E-state index in [4.69, 9.17) is 9.47 Å². The normalized spacial score (nSPS) is 17.8. The minimum atomic E-state index is -1.38. The molecule has 8 nitrogen and oxygen atoms in total. The number of alkyl halides is 1. The van der Waals surface area contributed by atoms with Crippen LogP contribution >= 0.6 is 0 Å². The molecular formula is C26H26F2N4O4. The van der Waals surface area contributed by atoms with Crippen LogP contribution in [0.15, 0.2) is 35.1 Å². The van der Waals surface area contributed by atoms with Gasteiger partial charge in [0.1, 0.15) is 17.6 Å². The van der Waals surface area contributed by atoms with Crippen LogP contribution in [0.5, 0.6) is 5.75 Å². The summed E-state index contributed by atoms with van der Waals surface area (Å²) in [6.07, 6.45) is -2.24. The third-order valence-electron chi connectivity index (χ3n) is 5.89. The number of fused-ring (bicyclic) bond motifs is 1. The third-order valence-corrected chi connectivity index (χ3v) is 5.89. The number of likely N-dealkylation sites (tertiary alicyclic amines) is 1. The molecule has 36 heavy (non-hydrogen) atoms. The highest BCUT2D eigenvalue weighted by Gasteiger charge is 2.41. The third kappa shape index (κ3) is 4.61. The molecule has 0 aliphatic carbocycles. The maximum absolute atomic E-state index is 14.7. The summed E-state index contributed by atoms with van der Waals surface area (Å²) in [6.45, 7) is 6.56. The molecule has 0 spiro atoms. The summed E-state index contributed by atoms with van der Waals surface area (Å²) in [5, 5.41) is 9.54. The zero-order chi connectivity index (χ0) is 26.4. The largest absolute Gasteiger partial charge is 0.494 e. The number of halogens is 2. The topological polar surface area (TPSA) is 97.4 Å². The molecule has 2 heterocycles. The van der Waals surface area contributed by atoms with E-state index in [-0.39, 0.29) is 41.2 Å². The van der Waals surface area contributed by atoms with E-state index < -0.39 is 35.3 Å². The molecule has 3 aromatic rings. The predicted molar refractivity (Wildman–Crippen MR) is 128 cm³/mol. The average Bonchev–Trinajstić information content (AvgIpc) is 3.20. The van der Waals surface area contributed by atoms with Crippen molar-refractivity contribution in [3.63, 3.8) is 0 Å². The van der Waals surface area contributed by atoms with Crippen LogP contribution in [0.4, 0.5) is 13.6 Å². The van der Waals surface area contributed by atoms with Crippen molar-refractivity contribution in [3.8, 4) is 17.5 Å². The highest BCUT2D eigenvalue weighted by atomic mass is 19.1. The van der Waals surface area contributed by atoms with Crippen LogP contribution in [0, 0.1) is 24.1 Å². The predicted octanol–water partition coefficient (Wildman–Crippen LogP) is 4.73. The summed E-state index contributed by atoms with van der Waals surface area (Å²) in [5.74, 6) is -0.672. The molecule has 1 aromatic heterocycles. The Kier molecular flexibility index (Phi) is 6.43. The van der Waals surface area contributed by atoms with Gasteiger partial charge in [-0.1, -0.05) is 0 Å². The molecule has 0 radical (unpaired) electrons. The first-order valence-electron chi connectivity index (χ1n) is 11.4. The molecule has 188 valence electrons. The van der Waals surface area contributed by atoms with Gasteiger partial charge in [0.05, 0.1) is 47.9 Å². The van der Waals surface area contributed by atoms with Crippen LogP contribution < -0.4 is 10.3 Å². The first-order valence-corrected chi connectivity index (χ1v) is 11.4. The first kappa shape index (κ1) is 25.1. The van der Waals surface area contributed by atoms with Crippen LogP contribution in [0.1, 0.15) is 50.2 Å². The van der Waals surface area contributed by atoms with Crippen molar-refractivity contribution >= 4 is 17.0 Å². The van der Waals surface area contributed by atoms with Crippen LogP contribution in [0.25, 0.3) is 16.6 Å². The van der Waals surface area contributed by atoms with Gasteiger partial charge in [0.2, 0.25) is 0 Å². The van der Waals surface area contributed by atoms with Gasteiger partial charge in [-0.15, -0.1) is 0 Å². The lowest BCUT2D eigenvalue weighted by atomic mass is 10.1. The van der Waals surface area contributed by atoms with Crippen molar-refractivity contribution in [2.75, 3.05) is 13.7 Å². The Morgan fingerprint density at radius 2 is 1.97 bits per heavy atom. The maximum atomic E-state index is 14.7. The fourth-order valence-electron chi connectivity index (χ4n) is 4.36. The lowest BCUT2D eigenvalue weighted by Crippen LogP contribution is -2.39. The van der Waals surface area contributed by atoms with Crippen molar-refractivity contribution in [1.82, 2.24) is 14.5 Å². The standard InChI is InChI=1S/C26H26F2N4O4/c1-14-8-15(12-29)9-18-22(14)30-23(20-10-16(27)13-31(20)25(34)36-26(2,3)4)32(24(18)33)17-6-7-21(35-5)19(28)11-17/h6-9,11,16,20H,10,13H2,1-5H3/t16-,20+/m0/s1. The van der Waals surface area contributed by atoms with Crippen molar-refractivity contribution in [3.05, 3.63) is 63.5 Å². The van der Waals surface area contributed by atoms with Gasteiger partial charge in [0, 0.05) is 12.5 Å². The van der Waals surface area contributed by atoms with Crippen LogP contribution in [-0.4, -0.2) is 46.0 Å². The molecule has 1 saturated heterocycles. The van der Waals surface area contributed by atoms with E-state index in [1.807, 2.05) is 6.07 Å². The highest BCUT2D eigenvalue weighted by molar-refractivity contribution is 5.83. The van der Waals surface area contributed by atoms with Crippen LogP contribution in [-0.2, 0) is 4.74 Å². The number of aromatic nitrogens is 2. The van der Waals surface area contributed by atoms with E-state index in [2.05, 4.69) is 4.98 Å². The number of benzene rings is 2. The number of nitrogens with zero attached hydrogens (tertiary/aromatic N) is 4. The summed E-state index contributed by atoms with van der Waals surface area (Å²) >= 11 is 0. The van der Waals surface area contributed by atoms with Gasteiger partial charge in [-0.05, 0) is 57.5 Å². The molecular weight excluding hydrogens is 470 g/mol. The van der Waals surface area contributed by atoms with Crippen molar-refractivity contribution in [1.29, 1.82) is 5.26 Å². The number of rotatable bonds is 3. The summed E-state index contributed by atoms with van der Waals surface area (Å²) in [5.41, 5.74) is -0.144. The second-order valence-corrected chi connectivity index (χ2v) is 9.71. The van der Waals surface area contributed by atoms with E-state index in [1.54, 1.807) is 33.8 Å². The summed E-state index contributed by atoms with van der Waals surface area (Å²) in [4.78, 5) is 32.7. The van der Waals surface area contributed by atoms with Gasteiger partial charge >= 0.3 is 6.09 Å². The Bertz CT molecular complexity index is 1460. The van der Waals surface area contributed by atoms with E-state index >= 15 is 0 Å². The minimum Gasteiger partial charge on any atom is -0.494 e. The molecule has 0 N–H and O–H groups in total. The molecule has 10 heteroatoms. The average molecular weight is 497 g/mol. The number of carbonyl (C=O) groups is 1. The summed E-state index contributed by atoms with van der Waals surface area (Å²) in [6, 6.07) is 8.01. The summed E-state index contributed by atoms with van der Waals surface area (Å²) < 4.78 is 41.0. The minimum absolute atomic E-state index is 0.0234. The van der Waals surface area contributed by atoms with Crippen LogP contribution in [0.2, 0.25) is 0 Å². The fraction of sp³-hybridized carbons (Fsp3) is 0.385. The maximum Gasteiger partial charge on any atom is 0.411 e. The van der Waals surface area contributed by atoms with Gasteiger partial charge in [-0.3, -0.25) is 14.3 Å². The SMILES string of the molecule is COc1ccc(-n2c([C@H]3C[C@H](F)CN3C(=O)OC(C)(C)C)nc3c(C)cc(C#N)cc3c2=O)cc1F. The van der Waals surface area contributed by atoms with Gasteiger partial charge in [0.25, 0.3) is 5.56 Å². The second-order valence-electron chi connectivity index (χ2n) is 9.71. The van der Waals surface area contributed by atoms with Crippen molar-refractivity contribution in [2.45, 2.75) is 51.9 Å². The Morgan fingerprint density at radius 1 is 1.25 bits per heavy atom. The van der Waals surface area contributed by atoms with E-state index in [0.717, 1.165) is 10.6 Å². The van der Waals surface area contributed by atoms with Gasteiger partial charge in [-0.25, -0.2) is 18.6 Å². The van der Waals surface area contributed by atoms with Gasteiger partial charge < -0.3 is 9.47 Å². The number of methoxy groups -OCH3 is 1. The fourth-order valence-corrected chi connectivity index (χ4v) is 4.36. The molecule has 0 bridgehead atoms. The van der Waals surface area contributed by atoms with Crippen molar-refractivity contribution < 1.29 is 23.0 Å². The Balaban J connectivity index is 2.00. The molecule has 1 fully saturated rings. The number of amides is 1. The number of aryl methyl sites for hydroxylation is 1. The molecule has 2 atom stereocenters. The lowest BCUT2D eigenvalue weighted by molar-refractivity contribution is 0.0209. The number of hydrogen-bond donors (Lipinski definition) is 0. The Morgan fingerprint density at radius 3 is 2.58 bits per heavy atom. The van der Waals surface area contributed by atoms with E-state index in [1.165, 1.54) is 30.2 Å². The number of nitriles is 1. The van der Waals surface area contributed by atoms with Crippen LogP contribution in [0.3, 0.4) is 0 Å². The molecule has 2 aromatic carbocycles. The lowest BCUT2D eigenvalue weighted by Gasteiger charge is -2.29. The van der Waals surface area contributed by atoms with Crippen molar-refractivity contribution in [2.24, 2.45) is 0 Å². The quantitative estimate of drug-likeness (QED) is 0.520. The Labute approximate surface area is 206 Å². The van der Waals surface area contributed by atoms with Gasteiger partial charge in [-0.2, -0.15) is 5.26 Å². The zero-order valence-electron chi connectivity index (χ0n) is 20.6. The second kappa shape index (κ2) is 9.22. The number of carbonyl (C=O) groups excluding carboxylic acids is 1. The smallest absolute Gasteiger partial charge is 0.411 e. The van der Waals surface area contributed by atoms with E-state index in [9.17, 15) is 23.6 Å². The molecule has 1 aliphatic heterocycles. The van der Waals surface area contributed by atoms with Gasteiger partial charge in [0.15, 0.2) is 11.6 Å². The number of hydrogen-bond acceptors (Lipinski definition) is 6. The monoisotopic (exact) mass is 496 g/mol. The first-order chi connectivity index (χ1) is 16.9. The zero-order valence-corrected chi connectivity index (χ0v) is 20.6. The van der Waals surface area contributed by atoms with E-state index in [0.29, 0.717) is 11.1 Å². The molecule has 4 rings (SSSR count). The number of ether oxygens (including phenoxy) is 2.